The minimum atomic E-state index is -1.33. The molecule has 240 valence electrons. The number of carbonyl (C=O) groups is 4. The van der Waals surface area contributed by atoms with Gasteiger partial charge in [-0.3, -0.25) is 14.5 Å². The van der Waals surface area contributed by atoms with Crippen molar-refractivity contribution in [3.8, 4) is 5.75 Å². The van der Waals surface area contributed by atoms with E-state index < -0.39 is 23.1 Å². The molecule has 1 N–H and O–H groups in total. The Morgan fingerprint density at radius 1 is 1.11 bits per heavy atom. The zero-order valence-corrected chi connectivity index (χ0v) is 25.6. The van der Waals surface area contributed by atoms with Gasteiger partial charge in [-0.2, -0.15) is 0 Å². The minimum absolute atomic E-state index is 0.0102. The van der Waals surface area contributed by atoms with Crippen LogP contribution in [0.4, 0.5) is 10.1 Å². The number of ketones is 1. The molecule has 0 radical (unpaired) electrons. The van der Waals surface area contributed by atoms with Crippen LogP contribution < -0.4 is 15.1 Å². The molecule has 1 saturated heterocycles. The van der Waals surface area contributed by atoms with E-state index >= 15 is 4.39 Å². The average molecular weight is 624 g/mol. The molecular weight excluding hydrogens is 585 g/mol. The molecule has 5 rings (SSSR count). The Labute approximate surface area is 260 Å². The largest absolute Gasteiger partial charge is 0.492 e. The molecule has 1 saturated carbocycles. The molecule has 2 heterocycles. The van der Waals surface area contributed by atoms with Crippen LogP contribution in [0.3, 0.4) is 0 Å². The maximum atomic E-state index is 15.6. The number of carbonyl (C=O) groups excluding carboxylic acids is 3. The van der Waals surface area contributed by atoms with Gasteiger partial charge in [-0.05, 0) is 25.8 Å². The molecule has 2 fully saturated rings. The van der Waals surface area contributed by atoms with Gasteiger partial charge in [-0.15, -0.1) is 0 Å². The standard InChI is InChI=1S/C28H30FN3O5.C5H8O3/c1-17-15-31(13-12-30(17)11-10-23(33)18-6-4-3-5-7-18)25-22(29)14-20-24(27(25)37-2)32(19-8-9-19)16-21(26(20)34)28(35)36;1-8-4-5(2-6)3-7/h3-7,14,16-17,19H,8-13,15H2,1-2H3,(H,35,36);2-3,5H,4H2,1H3. The number of methoxy groups -OCH3 is 2. The van der Waals surface area contributed by atoms with E-state index in [1.165, 1.54) is 20.4 Å². The number of rotatable bonds is 12. The van der Waals surface area contributed by atoms with Gasteiger partial charge in [0.25, 0.3) is 0 Å². The van der Waals surface area contributed by atoms with Gasteiger partial charge in [-0.1, -0.05) is 30.3 Å². The summed E-state index contributed by atoms with van der Waals surface area (Å²) in [6.07, 6.45) is 4.60. The van der Waals surface area contributed by atoms with Crippen molar-refractivity contribution < 1.29 is 38.1 Å². The fourth-order valence-electron chi connectivity index (χ4n) is 5.57. The monoisotopic (exact) mass is 623 g/mol. The number of benzene rings is 2. The Kier molecular flexibility index (Phi) is 11.2. The number of aldehydes is 2. The third-order valence-corrected chi connectivity index (χ3v) is 8.08. The Bertz CT molecular complexity index is 1600. The predicted octanol–water partition coefficient (Wildman–Crippen LogP) is 3.61. The van der Waals surface area contributed by atoms with Crippen LogP contribution in [-0.2, 0) is 14.3 Å². The first-order chi connectivity index (χ1) is 21.6. The quantitative estimate of drug-likeness (QED) is 0.181. The lowest BCUT2D eigenvalue weighted by Crippen LogP contribution is -2.52. The molecular formula is C33H38FN3O8. The third kappa shape index (κ3) is 7.63. The highest BCUT2D eigenvalue weighted by Crippen LogP contribution is 2.44. The van der Waals surface area contributed by atoms with Crippen LogP contribution in [0.25, 0.3) is 10.9 Å². The summed E-state index contributed by atoms with van der Waals surface area (Å²) in [6.45, 7) is 4.51. The van der Waals surface area contributed by atoms with Crippen molar-refractivity contribution in [3.05, 3.63) is 69.8 Å². The number of anilines is 1. The second-order valence-electron chi connectivity index (χ2n) is 11.2. The number of aromatic carboxylic acids is 1. The van der Waals surface area contributed by atoms with Crippen LogP contribution in [0.5, 0.6) is 5.75 Å². The summed E-state index contributed by atoms with van der Waals surface area (Å²) in [6, 6.07) is 10.5. The van der Waals surface area contributed by atoms with E-state index in [-0.39, 0.29) is 46.9 Å². The average Bonchev–Trinajstić information content (AvgIpc) is 3.89. The van der Waals surface area contributed by atoms with Gasteiger partial charge in [0.15, 0.2) is 17.3 Å². The van der Waals surface area contributed by atoms with E-state index in [2.05, 4.69) is 9.64 Å². The molecule has 1 aliphatic carbocycles. The van der Waals surface area contributed by atoms with E-state index in [1.807, 2.05) is 42.2 Å². The molecule has 2 aliphatic rings. The first kappa shape index (κ1) is 33.5. The fraction of sp³-hybridized carbons (Fsp3) is 0.424. The van der Waals surface area contributed by atoms with Crippen molar-refractivity contribution >= 4 is 40.9 Å². The van der Waals surface area contributed by atoms with Crippen LogP contribution in [0.1, 0.15) is 52.9 Å². The van der Waals surface area contributed by atoms with Crippen LogP contribution in [0.2, 0.25) is 0 Å². The van der Waals surface area contributed by atoms with Gasteiger partial charge < -0.3 is 33.6 Å². The van der Waals surface area contributed by atoms with Gasteiger partial charge in [0.1, 0.15) is 23.8 Å². The lowest BCUT2D eigenvalue weighted by Gasteiger charge is -2.41. The number of pyridine rings is 1. The van der Waals surface area contributed by atoms with E-state index in [4.69, 9.17) is 4.74 Å². The zero-order chi connectivity index (χ0) is 32.7. The molecule has 3 aromatic rings. The summed E-state index contributed by atoms with van der Waals surface area (Å²) in [5.74, 6) is -2.20. The summed E-state index contributed by atoms with van der Waals surface area (Å²) < 4.78 is 27.6. The number of hydrogen-bond acceptors (Lipinski definition) is 9. The second kappa shape index (κ2) is 15.0. The van der Waals surface area contributed by atoms with Crippen molar-refractivity contribution in [2.45, 2.75) is 38.3 Å². The maximum absolute atomic E-state index is 15.6. The van der Waals surface area contributed by atoms with Gasteiger partial charge >= 0.3 is 5.97 Å². The van der Waals surface area contributed by atoms with Gasteiger partial charge in [0, 0.05) is 63.6 Å². The highest BCUT2D eigenvalue weighted by Gasteiger charge is 2.33. The predicted molar refractivity (Wildman–Crippen MR) is 166 cm³/mol. The molecule has 12 heteroatoms. The van der Waals surface area contributed by atoms with E-state index in [9.17, 15) is 29.1 Å². The lowest BCUT2D eigenvalue weighted by molar-refractivity contribution is -0.121. The van der Waals surface area contributed by atoms with Crippen molar-refractivity contribution in [2.75, 3.05) is 51.9 Å². The summed E-state index contributed by atoms with van der Waals surface area (Å²) in [7, 11) is 2.89. The Morgan fingerprint density at radius 3 is 2.33 bits per heavy atom. The molecule has 0 amide bonds. The van der Waals surface area contributed by atoms with Gasteiger partial charge in [0.05, 0.1) is 30.5 Å². The van der Waals surface area contributed by atoms with Crippen LogP contribution >= 0.6 is 0 Å². The van der Waals surface area contributed by atoms with Crippen molar-refractivity contribution in [1.82, 2.24) is 9.47 Å². The molecule has 11 nitrogen and oxygen atoms in total. The smallest absolute Gasteiger partial charge is 0.341 e. The zero-order valence-electron chi connectivity index (χ0n) is 25.6. The Hall–Kier alpha value is -4.42. The molecule has 0 spiro atoms. The number of fused-ring (bicyclic) bond motifs is 1. The first-order valence-corrected chi connectivity index (χ1v) is 14.8. The van der Waals surface area contributed by atoms with E-state index in [0.29, 0.717) is 56.3 Å². The number of ether oxygens (including phenoxy) is 2. The molecule has 1 aromatic heterocycles. The summed E-state index contributed by atoms with van der Waals surface area (Å²) >= 11 is 0. The van der Waals surface area contributed by atoms with Crippen molar-refractivity contribution in [2.24, 2.45) is 5.92 Å². The SMILES string of the molecule is COCC(C=O)C=O.COc1c(N2CCN(CCC(=O)c3ccccc3)C(C)C2)c(F)cc2c(=O)c(C(=O)O)cn(C3CC3)c12. The normalized spacial score (nSPS) is 16.6. The second-order valence-corrected chi connectivity index (χ2v) is 11.2. The van der Waals surface area contributed by atoms with Crippen LogP contribution in [0.15, 0.2) is 47.4 Å². The number of Topliss-reactive ketones (excluding diaryl/α,β-unsaturated/α-hetero) is 1. The summed E-state index contributed by atoms with van der Waals surface area (Å²) in [5.41, 5.74) is 0.313. The van der Waals surface area contributed by atoms with Crippen molar-refractivity contribution in [3.63, 3.8) is 0 Å². The number of carboxylic acid groups (broad SMARTS) is 1. The summed E-state index contributed by atoms with van der Waals surface area (Å²) in [5, 5.41) is 9.54. The Morgan fingerprint density at radius 2 is 1.80 bits per heavy atom. The van der Waals surface area contributed by atoms with Crippen LogP contribution in [0, 0.1) is 11.7 Å². The number of nitrogens with zero attached hydrogens (tertiary/aromatic N) is 3. The Balaban J connectivity index is 0.000000510. The molecule has 1 unspecified atom stereocenters. The number of piperazine rings is 1. The number of aromatic nitrogens is 1. The first-order valence-electron chi connectivity index (χ1n) is 14.8. The van der Waals surface area contributed by atoms with Gasteiger partial charge in [-0.25, -0.2) is 9.18 Å². The lowest BCUT2D eigenvalue weighted by atomic mass is 10.1. The maximum Gasteiger partial charge on any atom is 0.341 e. The summed E-state index contributed by atoms with van der Waals surface area (Å²) in [4.78, 5) is 60.9. The number of halogens is 1. The van der Waals surface area contributed by atoms with E-state index in [1.54, 1.807) is 4.57 Å². The van der Waals surface area contributed by atoms with Crippen LogP contribution in [-0.4, -0.2) is 91.9 Å². The molecule has 45 heavy (non-hydrogen) atoms. The molecule has 2 aromatic carbocycles. The minimum Gasteiger partial charge on any atom is -0.492 e. The van der Waals surface area contributed by atoms with Gasteiger partial charge in [0.2, 0.25) is 5.43 Å². The third-order valence-electron chi connectivity index (χ3n) is 8.08. The number of carboxylic acids is 1. The molecule has 1 atom stereocenters. The highest BCUT2D eigenvalue weighted by molar-refractivity contribution is 5.97. The topological polar surface area (TPSA) is 135 Å². The fourth-order valence-corrected chi connectivity index (χ4v) is 5.57. The van der Waals surface area contributed by atoms with Crippen molar-refractivity contribution in [1.29, 1.82) is 0 Å². The highest BCUT2D eigenvalue weighted by atomic mass is 19.1. The van der Waals surface area contributed by atoms with E-state index in [0.717, 1.165) is 18.9 Å². The number of hydrogen-bond donors (Lipinski definition) is 1. The molecule has 0 bridgehead atoms. The molecule has 1 aliphatic heterocycles.